The summed E-state index contributed by atoms with van der Waals surface area (Å²) in [5.41, 5.74) is -1.68. The number of amides is 5. The lowest BCUT2D eigenvalue weighted by molar-refractivity contribution is -0.151. The number of ether oxygens (including phenoxy) is 1. The van der Waals surface area contributed by atoms with Gasteiger partial charge in [-0.25, -0.2) is 4.79 Å². The fraction of sp³-hybridized carbons (Fsp3) is 0.465. The molecule has 0 spiro atoms. The minimum Gasteiger partial charge on any atom is -0.480 e. The van der Waals surface area contributed by atoms with E-state index in [4.69, 9.17) is 16.3 Å². The fourth-order valence-corrected chi connectivity index (χ4v) is 7.00. The Labute approximate surface area is 324 Å². The zero-order valence-corrected chi connectivity index (χ0v) is 33.9. The number of nitrogens with zero attached hydrogens (tertiary/aromatic N) is 1. The Kier molecular flexibility index (Phi) is 12.4. The molecule has 0 saturated carbocycles. The Bertz CT molecular complexity index is 1870. The molecule has 1 aliphatic heterocycles. The van der Waals surface area contributed by atoms with Crippen LogP contribution in [0.4, 0.5) is 10.5 Å². The van der Waals surface area contributed by atoms with E-state index in [1.807, 2.05) is 12.1 Å². The maximum Gasteiger partial charge on any atom is 0.326 e. The second kappa shape index (κ2) is 16.0. The van der Waals surface area contributed by atoms with Crippen LogP contribution in [-0.2, 0) is 36.6 Å². The van der Waals surface area contributed by atoms with E-state index < -0.39 is 51.6 Å². The lowest BCUT2D eigenvalue weighted by Gasteiger charge is -2.47. The maximum absolute atomic E-state index is 14.7. The molecule has 1 fully saturated rings. The van der Waals surface area contributed by atoms with Gasteiger partial charge in [0.1, 0.15) is 5.75 Å². The summed E-state index contributed by atoms with van der Waals surface area (Å²) in [4.78, 5) is 70.5. The van der Waals surface area contributed by atoms with E-state index in [-0.39, 0.29) is 29.5 Å². The molecule has 1 aliphatic rings. The number of carbonyl (C=O) groups excluding carboxylic acids is 5. The molecular formula is C43H55ClN4O6. The number of ketones is 1. The van der Waals surface area contributed by atoms with Crippen molar-refractivity contribution < 1.29 is 28.7 Å². The fourth-order valence-electron chi connectivity index (χ4n) is 6.44. The molecule has 11 heteroatoms. The monoisotopic (exact) mass is 758 g/mol. The number of anilines is 1. The third-order valence-corrected chi connectivity index (χ3v) is 11.3. The summed E-state index contributed by atoms with van der Waals surface area (Å²) in [5.74, 6) is -3.51. The third kappa shape index (κ3) is 8.04. The summed E-state index contributed by atoms with van der Waals surface area (Å²) in [7, 11) is 0. The van der Waals surface area contributed by atoms with Gasteiger partial charge in [-0.1, -0.05) is 142 Å². The summed E-state index contributed by atoms with van der Waals surface area (Å²) in [6, 6.07) is 22.0. The molecular weight excluding hydrogens is 704 g/mol. The molecule has 0 aromatic heterocycles. The number of urea groups is 1. The smallest absolute Gasteiger partial charge is 0.326 e. The van der Waals surface area contributed by atoms with Gasteiger partial charge in [0.05, 0.1) is 6.54 Å². The first-order chi connectivity index (χ1) is 25.2. The molecule has 4 rings (SSSR count). The first kappa shape index (κ1) is 42.0. The molecule has 0 radical (unpaired) electrons. The van der Waals surface area contributed by atoms with Crippen LogP contribution in [0.3, 0.4) is 0 Å². The van der Waals surface area contributed by atoms with Crippen LogP contribution in [-0.4, -0.2) is 51.1 Å². The maximum atomic E-state index is 14.7. The van der Waals surface area contributed by atoms with Crippen LogP contribution in [0.2, 0.25) is 0 Å². The van der Waals surface area contributed by atoms with Gasteiger partial charge in [-0.05, 0) is 59.4 Å². The van der Waals surface area contributed by atoms with Crippen molar-refractivity contribution in [2.75, 3.05) is 5.32 Å². The van der Waals surface area contributed by atoms with Crippen LogP contribution in [0.1, 0.15) is 105 Å². The summed E-state index contributed by atoms with van der Waals surface area (Å²) < 4.78 is 6.54. The topological polar surface area (TPSA) is 134 Å². The molecule has 10 nitrogen and oxygen atoms in total. The molecule has 290 valence electrons. The zero-order chi connectivity index (χ0) is 40.3. The number of imide groups is 1. The molecule has 3 atom stereocenters. The number of nitrogens with one attached hydrogen (secondary N) is 3. The number of alkyl halides is 1. The average molecular weight is 759 g/mol. The second-order valence-corrected chi connectivity index (χ2v) is 16.9. The second-order valence-electron chi connectivity index (χ2n) is 16.3. The molecule has 3 aromatic carbocycles. The van der Waals surface area contributed by atoms with Crippen molar-refractivity contribution in [2.45, 2.75) is 123 Å². The minimum atomic E-state index is -2.89. The van der Waals surface area contributed by atoms with Gasteiger partial charge in [0, 0.05) is 16.7 Å². The number of hydrogen-bond acceptors (Lipinski definition) is 6. The zero-order valence-electron chi connectivity index (χ0n) is 33.2. The van der Waals surface area contributed by atoms with E-state index in [1.165, 1.54) is 0 Å². The molecule has 3 N–H and O–H groups in total. The molecule has 3 aromatic rings. The number of carbonyl (C=O) groups is 5. The molecule has 1 heterocycles. The minimum absolute atomic E-state index is 0.112. The summed E-state index contributed by atoms with van der Waals surface area (Å²) in [6.45, 7) is 18.9. The Morgan fingerprint density at radius 3 is 1.94 bits per heavy atom. The predicted octanol–water partition coefficient (Wildman–Crippen LogP) is 8.02. The van der Waals surface area contributed by atoms with Crippen molar-refractivity contribution in [3.8, 4) is 5.75 Å². The van der Waals surface area contributed by atoms with E-state index in [0.29, 0.717) is 11.3 Å². The van der Waals surface area contributed by atoms with Gasteiger partial charge in [0.25, 0.3) is 17.7 Å². The van der Waals surface area contributed by atoms with Crippen molar-refractivity contribution in [1.82, 2.24) is 15.5 Å². The highest BCUT2D eigenvalue weighted by atomic mass is 35.5. The van der Waals surface area contributed by atoms with Crippen LogP contribution in [0.15, 0.2) is 78.9 Å². The first-order valence-corrected chi connectivity index (χ1v) is 19.0. The van der Waals surface area contributed by atoms with E-state index in [0.717, 1.165) is 28.9 Å². The first-order valence-electron chi connectivity index (χ1n) is 18.6. The molecule has 54 heavy (non-hydrogen) atoms. The van der Waals surface area contributed by atoms with E-state index in [2.05, 4.69) is 63.6 Å². The highest BCUT2D eigenvalue weighted by Crippen LogP contribution is 2.44. The highest BCUT2D eigenvalue weighted by molar-refractivity contribution is 6.52. The predicted molar refractivity (Wildman–Crippen MR) is 212 cm³/mol. The van der Waals surface area contributed by atoms with Crippen molar-refractivity contribution >= 4 is 46.8 Å². The largest absolute Gasteiger partial charge is 0.480 e. The molecule has 0 aliphatic carbocycles. The summed E-state index contributed by atoms with van der Waals surface area (Å²) in [6.07, 6.45) is 0.585. The Morgan fingerprint density at radius 2 is 1.41 bits per heavy atom. The summed E-state index contributed by atoms with van der Waals surface area (Å²) >= 11 is 7.42. The number of rotatable bonds is 15. The van der Waals surface area contributed by atoms with Crippen LogP contribution in [0.5, 0.6) is 5.75 Å². The number of Topliss-reactive ketones (excluding diaryl/α,β-unsaturated/α-hetero) is 1. The standard InChI is InChI=1S/C43H55ClN4O6/c1-11-32(54-33-25-24-29(40(7,8)12-2)26-31(33)41(9,10)13-3)34(49)47-43(37(52)46-38(53)48(43)27-28-20-16-14-17-21-28)42(44,35(50)39(4,5)6)36(51)45-30-22-18-15-19-23-30/h14-26,32H,11-13,27H2,1-10H3,(H,45,51)(H,47,49)(H,46,52,53). The SMILES string of the molecule is CCC(Oc1ccc(C(C)(C)CC)cc1C(C)(C)CC)C(=O)NC1(C(Cl)(C(=O)Nc2ccccc2)C(=O)C(C)(C)C)C(=O)NC(=O)N1Cc1ccccc1. The molecule has 5 amide bonds. The van der Waals surface area contributed by atoms with Crippen LogP contribution < -0.4 is 20.7 Å². The number of hydrogen-bond donors (Lipinski definition) is 3. The number of para-hydroxylation sites is 1. The molecule has 0 bridgehead atoms. The number of benzene rings is 3. The molecule has 3 unspecified atom stereocenters. The molecule has 1 saturated heterocycles. The summed E-state index contributed by atoms with van der Waals surface area (Å²) in [5, 5.41) is 7.64. The number of halogens is 1. The van der Waals surface area contributed by atoms with Gasteiger partial charge in [-0.3, -0.25) is 29.4 Å². The van der Waals surface area contributed by atoms with Crippen molar-refractivity contribution in [3.05, 3.63) is 95.6 Å². The van der Waals surface area contributed by atoms with Gasteiger partial charge < -0.3 is 15.4 Å². The third-order valence-electron chi connectivity index (χ3n) is 10.7. The van der Waals surface area contributed by atoms with Gasteiger partial charge in [0.15, 0.2) is 11.9 Å². The van der Waals surface area contributed by atoms with Gasteiger partial charge in [0.2, 0.25) is 10.5 Å². The van der Waals surface area contributed by atoms with Crippen molar-refractivity contribution in [3.63, 3.8) is 0 Å². The van der Waals surface area contributed by atoms with Gasteiger partial charge in [-0.2, -0.15) is 0 Å². The average Bonchev–Trinajstić information content (AvgIpc) is 3.37. The van der Waals surface area contributed by atoms with Crippen LogP contribution in [0, 0.1) is 5.41 Å². The lowest BCUT2D eigenvalue weighted by Crippen LogP contribution is -2.79. The Morgan fingerprint density at radius 1 is 0.833 bits per heavy atom. The Balaban J connectivity index is 1.92. The van der Waals surface area contributed by atoms with Crippen molar-refractivity contribution in [1.29, 1.82) is 0 Å². The quantitative estimate of drug-likeness (QED) is 0.0817. The van der Waals surface area contributed by atoms with Crippen LogP contribution in [0.25, 0.3) is 0 Å². The Hall–Kier alpha value is -4.70. The van der Waals surface area contributed by atoms with Crippen LogP contribution >= 0.6 is 11.6 Å². The van der Waals surface area contributed by atoms with Gasteiger partial charge in [-0.15, -0.1) is 0 Å². The normalized spacial score (nSPS) is 18.0. The van der Waals surface area contributed by atoms with E-state index in [1.54, 1.807) is 88.4 Å². The highest BCUT2D eigenvalue weighted by Gasteiger charge is 2.74. The van der Waals surface area contributed by atoms with E-state index in [9.17, 15) is 24.0 Å². The van der Waals surface area contributed by atoms with Crippen molar-refractivity contribution in [2.24, 2.45) is 5.41 Å². The lowest BCUT2D eigenvalue weighted by atomic mass is 9.74. The van der Waals surface area contributed by atoms with Gasteiger partial charge >= 0.3 is 6.03 Å². The van der Waals surface area contributed by atoms with E-state index >= 15 is 0 Å².